The van der Waals surface area contributed by atoms with E-state index in [1.54, 1.807) is 37.3 Å². The Hall–Kier alpha value is -2.34. The minimum Gasteiger partial charge on any atom is -0.465 e. The van der Waals surface area contributed by atoms with E-state index >= 15 is 0 Å². The summed E-state index contributed by atoms with van der Waals surface area (Å²) in [5.41, 5.74) is 6.26. The molecule has 0 bridgehead atoms. The summed E-state index contributed by atoms with van der Waals surface area (Å²) in [5, 5.41) is 0. The molecule has 0 aliphatic carbocycles. The molecule has 6 heteroatoms. The lowest BCUT2D eigenvalue weighted by molar-refractivity contribution is -0.144. The first-order valence-electron chi connectivity index (χ1n) is 7.50. The van der Waals surface area contributed by atoms with E-state index in [1.807, 2.05) is 0 Å². The van der Waals surface area contributed by atoms with Gasteiger partial charge in [-0.05, 0) is 36.1 Å². The van der Waals surface area contributed by atoms with E-state index in [2.05, 4.69) is 0 Å². The third kappa shape index (κ3) is 4.35. The molecular formula is C18H18F3NO2. The maximum absolute atomic E-state index is 13.2. The van der Waals surface area contributed by atoms with E-state index < -0.39 is 23.8 Å². The van der Waals surface area contributed by atoms with Crippen LogP contribution < -0.4 is 5.73 Å². The molecule has 0 amide bonds. The van der Waals surface area contributed by atoms with Crippen LogP contribution in [-0.4, -0.2) is 18.6 Å². The molecule has 0 aromatic heterocycles. The Bertz CT molecular complexity index is 713. The highest BCUT2D eigenvalue weighted by Crippen LogP contribution is 2.37. The van der Waals surface area contributed by atoms with Crippen molar-refractivity contribution < 1.29 is 22.7 Å². The standard InChI is InChI=1S/C18H18F3NO2/c1-2-24-17(23)16(22)11-12-6-5-7-13(10-12)14-8-3-4-9-15(14)18(19,20)21/h3-10,16H,2,11,22H2,1H3/t16-/m1/s1. The highest BCUT2D eigenvalue weighted by Gasteiger charge is 2.33. The minimum atomic E-state index is -4.44. The molecule has 0 saturated carbocycles. The van der Waals surface area contributed by atoms with Crippen molar-refractivity contribution in [2.45, 2.75) is 25.6 Å². The van der Waals surface area contributed by atoms with Gasteiger partial charge in [-0.2, -0.15) is 13.2 Å². The average molecular weight is 337 g/mol. The number of halogens is 3. The van der Waals surface area contributed by atoms with Gasteiger partial charge in [-0.1, -0.05) is 42.5 Å². The van der Waals surface area contributed by atoms with Crippen LogP contribution in [0, 0.1) is 0 Å². The molecule has 0 aliphatic rings. The van der Waals surface area contributed by atoms with Crippen molar-refractivity contribution in [1.29, 1.82) is 0 Å². The molecule has 3 nitrogen and oxygen atoms in total. The Balaban J connectivity index is 2.31. The molecule has 2 N–H and O–H groups in total. The van der Waals surface area contributed by atoms with Crippen LogP contribution in [0.25, 0.3) is 11.1 Å². The van der Waals surface area contributed by atoms with E-state index in [0.29, 0.717) is 11.1 Å². The fourth-order valence-electron chi connectivity index (χ4n) is 2.43. The second kappa shape index (κ2) is 7.49. The number of esters is 1. The van der Waals surface area contributed by atoms with Gasteiger partial charge in [-0.3, -0.25) is 4.79 Å². The number of carbonyl (C=O) groups is 1. The average Bonchev–Trinajstić information content (AvgIpc) is 2.54. The van der Waals surface area contributed by atoms with E-state index in [0.717, 1.165) is 6.07 Å². The quantitative estimate of drug-likeness (QED) is 0.844. The maximum Gasteiger partial charge on any atom is 0.417 e. The van der Waals surface area contributed by atoms with Crippen LogP contribution in [0.4, 0.5) is 13.2 Å². The van der Waals surface area contributed by atoms with Gasteiger partial charge in [-0.15, -0.1) is 0 Å². The van der Waals surface area contributed by atoms with Gasteiger partial charge in [0.05, 0.1) is 12.2 Å². The van der Waals surface area contributed by atoms with Crippen molar-refractivity contribution in [3.8, 4) is 11.1 Å². The van der Waals surface area contributed by atoms with Crippen molar-refractivity contribution in [3.63, 3.8) is 0 Å². The molecule has 0 aliphatic heterocycles. The summed E-state index contributed by atoms with van der Waals surface area (Å²) in [4.78, 5) is 11.6. The molecule has 2 aromatic carbocycles. The highest BCUT2D eigenvalue weighted by molar-refractivity contribution is 5.76. The van der Waals surface area contributed by atoms with Gasteiger partial charge in [0, 0.05) is 0 Å². The van der Waals surface area contributed by atoms with Crippen LogP contribution in [0.1, 0.15) is 18.1 Å². The first kappa shape index (κ1) is 18.0. The monoisotopic (exact) mass is 337 g/mol. The molecule has 0 unspecified atom stereocenters. The largest absolute Gasteiger partial charge is 0.465 e. The summed E-state index contributed by atoms with van der Waals surface area (Å²) in [6.45, 7) is 1.91. The number of ether oxygens (including phenoxy) is 1. The van der Waals surface area contributed by atoms with Crippen molar-refractivity contribution in [2.24, 2.45) is 5.73 Å². The van der Waals surface area contributed by atoms with E-state index in [4.69, 9.17) is 10.5 Å². The lowest BCUT2D eigenvalue weighted by atomic mass is 9.96. The van der Waals surface area contributed by atoms with Crippen molar-refractivity contribution in [3.05, 3.63) is 59.7 Å². The van der Waals surface area contributed by atoms with Gasteiger partial charge < -0.3 is 10.5 Å². The summed E-state index contributed by atoms with van der Waals surface area (Å²) in [5.74, 6) is -0.529. The van der Waals surface area contributed by atoms with Gasteiger partial charge in [-0.25, -0.2) is 0 Å². The van der Waals surface area contributed by atoms with Crippen LogP contribution in [0.3, 0.4) is 0 Å². The zero-order valence-electron chi connectivity index (χ0n) is 13.1. The van der Waals surface area contributed by atoms with Gasteiger partial charge in [0.25, 0.3) is 0 Å². The van der Waals surface area contributed by atoms with Crippen molar-refractivity contribution >= 4 is 5.97 Å². The highest BCUT2D eigenvalue weighted by atomic mass is 19.4. The zero-order valence-corrected chi connectivity index (χ0v) is 13.1. The third-order valence-electron chi connectivity index (χ3n) is 3.52. The van der Waals surface area contributed by atoms with Crippen LogP contribution >= 0.6 is 0 Å². The molecule has 0 radical (unpaired) electrons. The molecule has 1 atom stereocenters. The topological polar surface area (TPSA) is 52.3 Å². The number of benzene rings is 2. The fourth-order valence-corrected chi connectivity index (χ4v) is 2.43. The summed E-state index contributed by atoms with van der Waals surface area (Å²) in [6.07, 6.45) is -4.24. The van der Waals surface area contributed by atoms with Gasteiger partial charge in [0.2, 0.25) is 0 Å². The van der Waals surface area contributed by atoms with E-state index in [9.17, 15) is 18.0 Å². The Kier molecular flexibility index (Phi) is 5.62. The maximum atomic E-state index is 13.2. The summed E-state index contributed by atoms with van der Waals surface area (Å²) < 4.78 is 44.3. The molecule has 2 rings (SSSR count). The summed E-state index contributed by atoms with van der Waals surface area (Å²) >= 11 is 0. The predicted octanol–water partition coefficient (Wildman–Crippen LogP) is 3.81. The SMILES string of the molecule is CCOC(=O)[C@H](N)Cc1cccc(-c2ccccc2C(F)(F)F)c1. The fraction of sp³-hybridized carbons (Fsp3) is 0.278. The smallest absolute Gasteiger partial charge is 0.417 e. The first-order valence-corrected chi connectivity index (χ1v) is 7.50. The first-order chi connectivity index (χ1) is 11.3. The van der Waals surface area contributed by atoms with Crippen LogP contribution in [0.15, 0.2) is 48.5 Å². The molecule has 0 saturated heterocycles. The summed E-state index contributed by atoms with van der Waals surface area (Å²) in [6, 6.07) is 11.1. The normalized spacial score (nSPS) is 12.7. The van der Waals surface area contributed by atoms with Gasteiger partial charge in [0.15, 0.2) is 0 Å². The summed E-state index contributed by atoms with van der Waals surface area (Å²) in [7, 11) is 0. The number of nitrogens with two attached hydrogens (primary N) is 1. The Morgan fingerprint density at radius 3 is 2.54 bits per heavy atom. The number of rotatable bonds is 5. The van der Waals surface area contributed by atoms with Crippen molar-refractivity contribution in [2.75, 3.05) is 6.61 Å². The second-order valence-corrected chi connectivity index (χ2v) is 5.31. The number of carbonyl (C=O) groups excluding carboxylic acids is 1. The molecule has 2 aromatic rings. The van der Waals surface area contributed by atoms with E-state index in [1.165, 1.54) is 12.1 Å². The molecule has 24 heavy (non-hydrogen) atoms. The molecule has 0 fully saturated rings. The van der Waals surface area contributed by atoms with Crippen LogP contribution in [-0.2, 0) is 22.1 Å². The molecular weight excluding hydrogens is 319 g/mol. The van der Waals surface area contributed by atoms with Gasteiger partial charge >= 0.3 is 12.1 Å². The Morgan fingerprint density at radius 2 is 1.88 bits per heavy atom. The Labute approximate surface area is 138 Å². The molecule has 128 valence electrons. The van der Waals surface area contributed by atoms with Gasteiger partial charge in [0.1, 0.15) is 6.04 Å². The second-order valence-electron chi connectivity index (χ2n) is 5.31. The van der Waals surface area contributed by atoms with E-state index in [-0.39, 0.29) is 18.6 Å². The van der Waals surface area contributed by atoms with Crippen LogP contribution in [0.2, 0.25) is 0 Å². The number of hydrogen-bond acceptors (Lipinski definition) is 3. The van der Waals surface area contributed by atoms with Crippen molar-refractivity contribution in [1.82, 2.24) is 0 Å². The lowest BCUT2D eigenvalue weighted by Crippen LogP contribution is -2.34. The third-order valence-corrected chi connectivity index (χ3v) is 3.52. The predicted molar refractivity (Wildman–Crippen MR) is 85.2 cm³/mol. The molecule has 0 heterocycles. The zero-order chi connectivity index (χ0) is 17.7. The number of hydrogen-bond donors (Lipinski definition) is 1. The Morgan fingerprint density at radius 1 is 1.17 bits per heavy atom. The minimum absolute atomic E-state index is 0.0940. The van der Waals surface area contributed by atoms with Crippen LogP contribution in [0.5, 0.6) is 0 Å². The molecule has 0 spiro atoms. The number of alkyl halides is 3. The lowest BCUT2D eigenvalue weighted by Gasteiger charge is -2.14.